The monoisotopic (exact) mass is 534 g/mol. The van der Waals surface area contributed by atoms with Crippen molar-refractivity contribution >= 4 is 45.2 Å². The van der Waals surface area contributed by atoms with E-state index in [0.29, 0.717) is 30.8 Å². The SMILES string of the molecule is CC(C)C[C@H](NC(=O)NC1CCCCC1)C(=O)NCCCCNS(=O)(=O)c1ccc(Cl)cc1Cl. The third-order valence-corrected chi connectivity index (χ3v) is 7.83. The second kappa shape index (κ2) is 14.1. The van der Waals surface area contributed by atoms with Gasteiger partial charge in [0, 0.05) is 24.2 Å². The van der Waals surface area contributed by atoms with Gasteiger partial charge in [0.1, 0.15) is 10.9 Å². The molecule has 1 aliphatic carbocycles. The predicted octanol–water partition coefficient (Wildman–Crippen LogP) is 4.21. The van der Waals surface area contributed by atoms with E-state index in [9.17, 15) is 18.0 Å². The van der Waals surface area contributed by atoms with Gasteiger partial charge in [0.25, 0.3) is 0 Å². The van der Waals surface area contributed by atoms with Crippen LogP contribution in [-0.4, -0.2) is 45.5 Å². The van der Waals surface area contributed by atoms with Gasteiger partial charge < -0.3 is 16.0 Å². The van der Waals surface area contributed by atoms with Crippen molar-refractivity contribution in [2.24, 2.45) is 5.92 Å². The van der Waals surface area contributed by atoms with Gasteiger partial charge in [-0.15, -0.1) is 0 Å². The quantitative estimate of drug-likeness (QED) is 0.300. The molecule has 0 aromatic heterocycles. The topological polar surface area (TPSA) is 116 Å². The molecule has 192 valence electrons. The number of urea groups is 1. The number of carbonyl (C=O) groups is 2. The van der Waals surface area contributed by atoms with Gasteiger partial charge in [-0.25, -0.2) is 17.9 Å². The fourth-order valence-corrected chi connectivity index (χ4v) is 5.74. The Morgan fingerprint density at radius 3 is 2.38 bits per heavy atom. The highest BCUT2D eigenvalue weighted by molar-refractivity contribution is 7.89. The van der Waals surface area contributed by atoms with Crippen molar-refractivity contribution in [3.05, 3.63) is 28.2 Å². The minimum Gasteiger partial charge on any atom is -0.354 e. The lowest BCUT2D eigenvalue weighted by Gasteiger charge is -2.25. The summed E-state index contributed by atoms with van der Waals surface area (Å²) < 4.78 is 27.3. The largest absolute Gasteiger partial charge is 0.354 e. The van der Waals surface area contributed by atoms with E-state index < -0.39 is 16.1 Å². The van der Waals surface area contributed by atoms with E-state index in [1.807, 2.05) is 13.8 Å². The van der Waals surface area contributed by atoms with Gasteiger partial charge in [-0.05, 0) is 56.2 Å². The zero-order valence-electron chi connectivity index (χ0n) is 19.8. The summed E-state index contributed by atoms with van der Waals surface area (Å²) in [6.07, 6.45) is 7.01. The minimum atomic E-state index is -3.75. The summed E-state index contributed by atoms with van der Waals surface area (Å²) in [5.41, 5.74) is 0. The fraction of sp³-hybridized carbons (Fsp3) is 0.652. The Labute approximate surface area is 213 Å². The van der Waals surface area contributed by atoms with Gasteiger partial charge in [-0.1, -0.05) is 56.3 Å². The number of halogens is 2. The van der Waals surface area contributed by atoms with Gasteiger partial charge in [0.2, 0.25) is 15.9 Å². The third-order valence-electron chi connectivity index (χ3n) is 5.65. The molecule has 0 aliphatic heterocycles. The lowest BCUT2D eigenvalue weighted by Crippen LogP contribution is -2.52. The molecule has 0 heterocycles. The smallest absolute Gasteiger partial charge is 0.315 e. The first-order valence-electron chi connectivity index (χ1n) is 11.9. The average Bonchev–Trinajstić information content (AvgIpc) is 2.75. The Kier molecular flexibility index (Phi) is 11.9. The number of sulfonamides is 1. The molecule has 1 aliphatic rings. The molecule has 0 radical (unpaired) electrons. The van der Waals surface area contributed by atoms with Crippen molar-refractivity contribution in [1.29, 1.82) is 0 Å². The lowest BCUT2D eigenvalue weighted by atomic mass is 9.96. The van der Waals surface area contributed by atoms with Crippen LogP contribution in [0.25, 0.3) is 0 Å². The number of carbonyl (C=O) groups excluding carboxylic acids is 2. The van der Waals surface area contributed by atoms with E-state index in [0.717, 1.165) is 25.7 Å². The van der Waals surface area contributed by atoms with Crippen LogP contribution in [0.15, 0.2) is 23.1 Å². The van der Waals surface area contributed by atoms with Gasteiger partial charge in [-0.2, -0.15) is 0 Å². The average molecular weight is 536 g/mol. The van der Waals surface area contributed by atoms with E-state index in [1.165, 1.54) is 24.6 Å². The molecule has 4 N–H and O–H groups in total. The number of rotatable bonds is 12. The van der Waals surface area contributed by atoms with Crippen molar-refractivity contribution in [1.82, 2.24) is 20.7 Å². The highest BCUT2D eigenvalue weighted by Gasteiger charge is 2.23. The zero-order chi connectivity index (χ0) is 25.1. The van der Waals surface area contributed by atoms with E-state index in [-0.39, 0.29) is 40.4 Å². The molecular formula is C23H36Cl2N4O4S. The summed E-state index contributed by atoms with van der Waals surface area (Å²) in [7, 11) is -3.75. The van der Waals surface area contributed by atoms with Crippen LogP contribution in [0.1, 0.15) is 65.2 Å². The van der Waals surface area contributed by atoms with Crippen LogP contribution in [0.2, 0.25) is 10.0 Å². The molecule has 1 aromatic rings. The molecule has 3 amide bonds. The maximum Gasteiger partial charge on any atom is 0.315 e. The number of benzene rings is 1. The molecule has 0 spiro atoms. The number of nitrogens with one attached hydrogen (secondary N) is 4. The maximum atomic E-state index is 12.7. The maximum absolute atomic E-state index is 12.7. The standard InChI is InChI=1S/C23H36Cl2N4O4S/c1-16(2)14-20(29-23(31)28-18-8-4-3-5-9-18)22(30)26-12-6-7-13-27-34(32,33)21-11-10-17(24)15-19(21)25/h10-11,15-16,18,20,27H,3-9,12-14H2,1-2H3,(H,26,30)(H2,28,29,31)/t20-/m0/s1. The van der Waals surface area contributed by atoms with Crippen LogP contribution >= 0.6 is 23.2 Å². The van der Waals surface area contributed by atoms with E-state index >= 15 is 0 Å². The normalized spacial score (nSPS) is 15.7. The zero-order valence-corrected chi connectivity index (χ0v) is 22.2. The van der Waals surface area contributed by atoms with E-state index in [4.69, 9.17) is 23.2 Å². The summed E-state index contributed by atoms with van der Waals surface area (Å²) in [4.78, 5) is 25.0. The molecule has 1 atom stereocenters. The molecular weight excluding hydrogens is 499 g/mol. The van der Waals surface area contributed by atoms with Gasteiger partial charge in [0.05, 0.1) is 5.02 Å². The van der Waals surface area contributed by atoms with Crippen molar-refractivity contribution < 1.29 is 18.0 Å². The Morgan fingerprint density at radius 1 is 1.06 bits per heavy atom. The van der Waals surface area contributed by atoms with Gasteiger partial charge >= 0.3 is 6.03 Å². The summed E-state index contributed by atoms with van der Waals surface area (Å²) >= 11 is 11.8. The predicted molar refractivity (Wildman–Crippen MR) is 136 cm³/mol. The second-order valence-electron chi connectivity index (χ2n) is 9.11. The Hall–Kier alpha value is -1.55. The van der Waals surface area contributed by atoms with Crippen molar-refractivity contribution in [3.63, 3.8) is 0 Å². The summed E-state index contributed by atoms with van der Waals surface area (Å²) in [5, 5.41) is 9.07. The van der Waals surface area contributed by atoms with Crippen LogP contribution in [0.4, 0.5) is 4.79 Å². The van der Waals surface area contributed by atoms with Crippen molar-refractivity contribution in [3.8, 4) is 0 Å². The first kappa shape index (κ1) is 28.7. The first-order valence-corrected chi connectivity index (χ1v) is 14.1. The molecule has 11 heteroatoms. The highest BCUT2D eigenvalue weighted by atomic mass is 35.5. The molecule has 8 nitrogen and oxygen atoms in total. The molecule has 0 bridgehead atoms. The Morgan fingerprint density at radius 2 is 1.74 bits per heavy atom. The lowest BCUT2D eigenvalue weighted by molar-refractivity contribution is -0.123. The van der Waals surface area contributed by atoms with E-state index in [2.05, 4.69) is 20.7 Å². The highest BCUT2D eigenvalue weighted by Crippen LogP contribution is 2.24. The molecule has 0 unspecified atom stereocenters. The molecule has 34 heavy (non-hydrogen) atoms. The third kappa shape index (κ3) is 9.98. The molecule has 2 rings (SSSR count). The summed E-state index contributed by atoms with van der Waals surface area (Å²) in [6.45, 7) is 4.58. The summed E-state index contributed by atoms with van der Waals surface area (Å²) in [5.74, 6) is 0.000787. The first-order chi connectivity index (χ1) is 16.1. The van der Waals surface area contributed by atoms with Gasteiger partial charge in [0.15, 0.2) is 0 Å². The van der Waals surface area contributed by atoms with E-state index in [1.54, 1.807) is 0 Å². The fourth-order valence-electron chi connectivity index (χ4n) is 3.90. The van der Waals surface area contributed by atoms with Crippen LogP contribution in [0.3, 0.4) is 0 Å². The number of unbranched alkanes of at least 4 members (excludes halogenated alkanes) is 1. The van der Waals surface area contributed by atoms with Crippen LogP contribution < -0.4 is 20.7 Å². The minimum absolute atomic E-state index is 0.0269. The number of hydrogen-bond acceptors (Lipinski definition) is 4. The summed E-state index contributed by atoms with van der Waals surface area (Å²) in [6, 6.07) is 3.46. The van der Waals surface area contributed by atoms with Crippen LogP contribution in [-0.2, 0) is 14.8 Å². The molecule has 1 saturated carbocycles. The van der Waals surface area contributed by atoms with Gasteiger partial charge in [-0.3, -0.25) is 4.79 Å². The Balaban J connectivity index is 1.73. The Bertz CT molecular complexity index is 922. The molecule has 1 aromatic carbocycles. The number of amides is 3. The van der Waals surface area contributed by atoms with Crippen molar-refractivity contribution in [2.75, 3.05) is 13.1 Å². The molecule has 1 fully saturated rings. The molecule has 0 saturated heterocycles. The second-order valence-corrected chi connectivity index (χ2v) is 11.7. The van der Waals surface area contributed by atoms with Crippen LogP contribution in [0.5, 0.6) is 0 Å². The van der Waals surface area contributed by atoms with Crippen LogP contribution in [0, 0.1) is 5.92 Å². The number of hydrogen-bond donors (Lipinski definition) is 4. The van der Waals surface area contributed by atoms with Crippen molar-refractivity contribution in [2.45, 2.75) is 82.2 Å².